The Morgan fingerprint density at radius 1 is 1.25 bits per heavy atom. The van der Waals surface area contributed by atoms with Gasteiger partial charge in [0.1, 0.15) is 12.4 Å². The number of aromatic nitrogens is 1. The maximum Gasteiger partial charge on any atom is 0.224 e. The Morgan fingerprint density at radius 2 is 2.04 bits per heavy atom. The van der Waals surface area contributed by atoms with Crippen molar-refractivity contribution in [2.75, 3.05) is 26.3 Å². The van der Waals surface area contributed by atoms with Crippen molar-refractivity contribution in [3.8, 4) is 5.88 Å². The predicted octanol–water partition coefficient (Wildman–Crippen LogP) is 2.27. The Morgan fingerprint density at radius 3 is 2.79 bits per heavy atom. The zero-order chi connectivity index (χ0) is 16.8. The molecule has 0 amide bonds. The third-order valence-electron chi connectivity index (χ3n) is 3.74. The first kappa shape index (κ1) is 16.2. The summed E-state index contributed by atoms with van der Waals surface area (Å²) in [5.41, 5.74) is 0.987. The molecule has 126 valence electrons. The van der Waals surface area contributed by atoms with Crippen LogP contribution in [-0.2, 0) is 11.3 Å². The summed E-state index contributed by atoms with van der Waals surface area (Å²) >= 11 is 0. The van der Waals surface area contributed by atoms with Gasteiger partial charge in [0.15, 0.2) is 5.84 Å². The monoisotopic (exact) mass is 331 g/mol. The van der Waals surface area contributed by atoms with Crippen LogP contribution >= 0.6 is 0 Å². The quantitative estimate of drug-likeness (QED) is 0.403. The normalized spacial score (nSPS) is 15.4. The molecule has 6 nitrogen and oxygen atoms in total. The van der Waals surface area contributed by atoms with E-state index < -0.39 is 0 Å². The highest BCUT2D eigenvalue weighted by atomic mass is 19.1. The molecule has 1 saturated heterocycles. The summed E-state index contributed by atoms with van der Waals surface area (Å²) in [5, 5.41) is 12.9. The number of hydrogen-bond donors (Lipinski definition) is 1. The molecule has 1 aliphatic rings. The van der Waals surface area contributed by atoms with Gasteiger partial charge < -0.3 is 19.6 Å². The van der Waals surface area contributed by atoms with Crippen molar-refractivity contribution >= 4 is 5.84 Å². The van der Waals surface area contributed by atoms with Crippen LogP contribution < -0.4 is 4.74 Å². The number of oxime groups is 1. The minimum absolute atomic E-state index is 0.0402. The van der Waals surface area contributed by atoms with Crippen LogP contribution in [0.5, 0.6) is 5.88 Å². The number of benzene rings is 1. The van der Waals surface area contributed by atoms with E-state index in [1.165, 1.54) is 6.07 Å². The van der Waals surface area contributed by atoms with Gasteiger partial charge in [-0.05, 0) is 18.2 Å². The zero-order valence-electron chi connectivity index (χ0n) is 13.1. The van der Waals surface area contributed by atoms with Crippen LogP contribution in [0.4, 0.5) is 4.39 Å². The number of nitrogens with zero attached hydrogens (tertiary/aromatic N) is 3. The van der Waals surface area contributed by atoms with Gasteiger partial charge >= 0.3 is 0 Å². The standard InChI is InChI=1S/C17H18FN3O3/c18-15-6-2-1-4-13(15)12-24-17-14(5-3-7-19-17)16(20-22)21-8-10-23-11-9-21/h1-7,22H,8-12H2/b20-16-. The smallest absolute Gasteiger partial charge is 0.224 e. The molecule has 1 aromatic heterocycles. The van der Waals surface area contributed by atoms with Gasteiger partial charge in [-0.1, -0.05) is 23.4 Å². The van der Waals surface area contributed by atoms with Crippen LogP contribution in [0, 0.1) is 5.82 Å². The molecule has 0 radical (unpaired) electrons. The lowest BCUT2D eigenvalue weighted by Crippen LogP contribution is -2.41. The lowest BCUT2D eigenvalue weighted by molar-refractivity contribution is 0.0667. The predicted molar refractivity (Wildman–Crippen MR) is 85.7 cm³/mol. The molecule has 0 aliphatic carbocycles. The van der Waals surface area contributed by atoms with Gasteiger partial charge in [0.2, 0.25) is 5.88 Å². The van der Waals surface area contributed by atoms with Gasteiger partial charge in [0, 0.05) is 24.8 Å². The number of amidine groups is 1. The van der Waals surface area contributed by atoms with E-state index in [1.807, 2.05) is 4.90 Å². The Kier molecular flexibility index (Phi) is 5.22. The van der Waals surface area contributed by atoms with Crippen molar-refractivity contribution in [3.63, 3.8) is 0 Å². The molecule has 2 heterocycles. The number of morpholine rings is 1. The maximum absolute atomic E-state index is 13.7. The van der Waals surface area contributed by atoms with Gasteiger partial charge in [-0.2, -0.15) is 0 Å². The molecule has 2 aromatic rings. The van der Waals surface area contributed by atoms with Crippen molar-refractivity contribution in [3.05, 3.63) is 59.5 Å². The third-order valence-corrected chi connectivity index (χ3v) is 3.74. The average Bonchev–Trinajstić information content (AvgIpc) is 2.64. The lowest BCUT2D eigenvalue weighted by Gasteiger charge is -2.29. The van der Waals surface area contributed by atoms with E-state index in [0.29, 0.717) is 49.1 Å². The number of ether oxygens (including phenoxy) is 2. The number of halogens is 1. The van der Waals surface area contributed by atoms with E-state index >= 15 is 0 Å². The van der Waals surface area contributed by atoms with E-state index in [2.05, 4.69) is 10.1 Å². The highest BCUT2D eigenvalue weighted by molar-refractivity contribution is 6.00. The fourth-order valence-electron chi connectivity index (χ4n) is 2.50. The maximum atomic E-state index is 13.7. The van der Waals surface area contributed by atoms with Crippen molar-refractivity contribution in [2.45, 2.75) is 6.61 Å². The van der Waals surface area contributed by atoms with E-state index in [4.69, 9.17) is 9.47 Å². The summed E-state index contributed by atoms with van der Waals surface area (Å²) in [4.78, 5) is 6.09. The van der Waals surface area contributed by atoms with Gasteiger partial charge in [0.25, 0.3) is 0 Å². The molecule has 1 fully saturated rings. The minimum atomic E-state index is -0.334. The van der Waals surface area contributed by atoms with Crippen molar-refractivity contribution in [1.29, 1.82) is 0 Å². The van der Waals surface area contributed by atoms with Crippen LogP contribution in [0.15, 0.2) is 47.8 Å². The molecular formula is C17H18FN3O3. The topological polar surface area (TPSA) is 67.2 Å². The molecular weight excluding hydrogens is 313 g/mol. The van der Waals surface area contributed by atoms with E-state index in [1.54, 1.807) is 36.5 Å². The van der Waals surface area contributed by atoms with Crippen molar-refractivity contribution in [1.82, 2.24) is 9.88 Å². The molecule has 0 unspecified atom stereocenters. The third kappa shape index (κ3) is 3.62. The van der Waals surface area contributed by atoms with Crippen LogP contribution in [0.3, 0.4) is 0 Å². The molecule has 1 N–H and O–H groups in total. The fourth-order valence-corrected chi connectivity index (χ4v) is 2.50. The Labute approximate surface area is 139 Å². The molecule has 1 aromatic carbocycles. The number of hydrogen-bond acceptors (Lipinski definition) is 5. The van der Waals surface area contributed by atoms with Crippen LogP contribution in [0.25, 0.3) is 0 Å². The highest BCUT2D eigenvalue weighted by Crippen LogP contribution is 2.20. The molecule has 3 rings (SSSR count). The second-order valence-electron chi connectivity index (χ2n) is 5.26. The van der Waals surface area contributed by atoms with E-state index in [0.717, 1.165) is 0 Å². The second-order valence-corrected chi connectivity index (χ2v) is 5.26. The summed E-state index contributed by atoms with van der Waals surface area (Å²) in [7, 11) is 0. The molecule has 0 bridgehead atoms. The zero-order valence-corrected chi connectivity index (χ0v) is 13.1. The second kappa shape index (κ2) is 7.74. The average molecular weight is 331 g/mol. The molecule has 0 atom stereocenters. The Balaban J connectivity index is 1.80. The van der Waals surface area contributed by atoms with Crippen LogP contribution in [-0.4, -0.2) is 47.2 Å². The molecule has 24 heavy (non-hydrogen) atoms. The SMILES string of the molecule is O/N=C(/c1cccnc1OCc1ccccc1F)N1CCOCC1. The highest BCUT2D eigenvalue weighted by Gasteiger charge is 2.21. The van der Waals surface area contributed by atoms with Crippen LogP contribution in [0.2, 0.25) is 0 Å². The summed E-state index contributed by atoms with van der Waals surface area (Å²) in [6.07, 6.45) is 1.58. The number of pyridine rings is 1. The molecule has 0 spiro atoms. The van der Waals surface area contributed by atoms with Gasteiger partial charge in [0.05, 0.1) is 18.8 Å². The first-order valence-corrected chi connectivity index (χ1v) is 7.66. The largest absolute Gasteiger partial charge is 0.472 e. The van der Waals surface area contributed by atoms with Crippen molar-refractivity contribution < 1.29 is 19.1 Å². The molecule has 0 saturated carbocycles. The summed E-state index contributed by atoms with van der Waals surface area (Å²) in [6, 6.07) is 9.90. The lowest BCUT2D eigenvalue weighted by atomic mass is 10.2. The molecule has 7 heteroatoms. The van der Waals surface area contributed by atoms with Crippen molar-refractivity contribution in [2.24, 2.45) is 5.16 Å². The van der Waals surface area contributed by atoms with Gasteiger partial charge in [-0.3, -0.25) is 0 Å². The first-order chi connectivity index (χ1) is 11.8. The van der Waals surface area contributed by atoms with Gasteiger partial charge in [-0.25, -0.2) is 9.37 Å². The Hall–Kier alpha value is -2.67. The Bertz CT molecular complexity index is 718. The molecule has 1 aliphatic heterocycles. The summed E-state index contributed by atoms with van der Waals surface area (Å²) in [6.45, 7) is 2.38. The fraction of sp³-hybridized carbons (Fsp3) is 0.294. The van der Waals surface area contributed by atoms with Gasteiger partial charge in [-0.15, -0.1) is 0 Å². The van der Waals surface area contributed by atoms with Crippen LogP contribution in [0.1, 0.15) is 11.1 Å². The van der Waals surface area contributed by atoms with E-state index in [9.17, 15) is 9.60 Å². The summed E-state index contributed by atoms with van der Waals surface area (Å²) < 4.78 is 24.7. The summed E-state index contributed by atoms with van der Waals surface area (Å²) in [5.74, 6) is 0.328. The first-order valence-electron chi connectivity index (χ1n) is 7.66. The number of rotatable bonds is 4. The van der Waals surface area contributed by atoms with E-state index in [-0.39, 0.29) is 12.4 Å². The minimum Gasteiger partial charge on any atom is -0.472 e.